The van der Waals surface area contributed by atoms with Gasteiger partial charge in [-0.05, 0) is 26.3 Å². The van der Waals surface area contributed by atoms with Gasteiger partial charge in [-0.2, -0.15) is 0 Å². The molecule has 3 heterocycles. The Morgan fingerprint density at radius 3 is 2.84 bits per heavy atom. The molecule has 2 aromatic rings. The summed E-state index contributed by atoms with van der Waals surface area (Å²) < 4.78 is 11.1. The highest BCUT2D eigenvalue weighted by Gasteiger charge is 2.22. The summed E-state index contributed by atoms with van der Waals surface area (Å²) in [5.74, 6) is 2.67. The average Bonchev–Trinajstić information content (AvgIpc) is 3.02. The van der Waals surface area contributed by atoms with Gasteiger partial charge in [0.15, 0.2) is 0 Å². The standard InChI is InChI=1S/C13H17N3O3/c1-8-5-11(9(2)18-8)13-15-14-12(19-13)7-16-4-3-10(17)6-16/h5,10,17H,3-4,6-7H2,1-2H3. The minimum atomic E-state index is -0.235. The van der Waals surface area contributed by atoms with Crippen molar-refractivity contribution in [2.45, 2.75) is 32.9 Å². The van der Waals surface area contributed by atoms with Crippen molar-refractivity contribution in [3.63, 3.8) is 0 Å². The number of hydrogen-bond acceptors (Lipinski definition) is 6. The van der Waals surface area contributed by atoms with Crippen LogP contribution in [0, 0.1) is 13.8 Å². The van der Waals surface area contributed by atoms with Crippen LogP contribution in [-0.2, 0) is 6.54 Å². The van der Waals surface area contributed by atoms with E-state index in [0.29, 0.717) is 24.9 Å². The van der Waals surface area contributed by atoms with Crippen LogP contribution in [0.25, 0.3) is 11.5 Å². The van der Waals surface area contributed by atoms with Gasteiger partial charge in [-0.25, -0.2) is 0 Å². The predicted molar refractivity (Wildman–Crippen MR) is 67.4 cm³/mol. The Bertz CT molecular complexity index is 575. The number of rotatable bonds is 3. The van der Waals surface area contributed by atoms with E-state index >= 15 is 0 Å². The number of β-amino-alcohol motifs (C(OH)–C–C–N with tert-alkyl or cyclic N) is 1. The highest BCUT2D eigenvalue weighted by Crippen LogP contribution is 2.25. The lowest BCUT2D eigenvalue weighted by Gasteiger charge is -2.10. The minimum Gasteiger partial charge on any atom is -0.466 e. The smallest absolute Gasteiger partial charge is 0.251 e. The highest BCUT2D eigenvalue weighted by atomic mass is 16.4. The monoisotopic (exact) mass is 263 g/mol. The molecule has 0 amide bonds. The number of nitrogens with zero attached hydrogens (tertiary/aromatic N) is 3. The fourth-order valence-corrected chi connectivity index (χ4v) is 2.42. The number of aliphatic hydroxyl groups excluding tert-OH is 1. The maximum absolute atomic E-state index is 9.48. The van der Waals surface area contributed by atoms with Crippen molar-refractivity contribution in [1.82, 2.24) is 15.1 Å². The molecule has 0 aromatic carbocycles. The summed E-state index contributed by atoms with van der Waals surface area (Å²) in [5, 5.41) is 17.6. The average molecular weight is 263 g/mol. The van der Waals surface area contributed by atoms with Crippen LogP contribution in [0.5, 0.6) is 0 Å². The van der Waals surface area contributed by atoms with E-state index in [0.717, 1.165) is 30.0 Å². The molecule has 1 atom stereocenters. The molecule has 0 radical (unpaired) electrons. The third kappa shape index (κ3) is 2.54. The quantitative estimate of drug-likeness (QED) is 0.904. The lowest BCUT2D eigenvalue weighted by molar-refractivity contribution is 0.171. The van der Waals surface area contributed by atoms with Crippen LogP contribution in [0.4, 0.5) is 0 Å². The number of aromatic nitrogens is 2. The molecule has 1 aliphatic rings. The van der Waals surface area contributed by atoms with E-state index in [1.807, 2.05) is 19.9 Å². The second-order valence-corrected chi connectivity index (χ2v) is 5.01. The fraction of sp³-hybridized carbons (Fsp3) is 0.538. The number of aliphatic hydroxyl groups is 1. The molecular weight excluding hydrogens is 246 g/mol. The van der Waals surface area contributed by atoms with Crippen molar-refractivity contribution in [1.29, 1.82) is 0 Å². The number of aryl methyl sites for hydroxylation is 2. The maximum atomic E-state index is 9.48. The molecule has 0 bridgehead atoms. The van der Waals surface area contributed by atoms with Crippen molar-refractivity contribution < 1.29 is 13.9 Å². The van der Waals surface area contributed by atoms with Crippen molar-refractivity contribution >= 4 is 0 Å². The Labute approximate surface area is 111 Å². The zero-order valence-corrected chi connectivity index (χ0v) is 11.1. The van der Waals surface area contributed by atoms with E-state index in [2.05, 4.69) is 15.1 Å². The third-order valence-electron chi connectivity index (χ3n) is 3.34. The van der Waals surface area contributed by atoms with Crippen LogP contribution in [0.2, 0.25) is 0 Å². The van der Waals surface area contributed by atoms with Crippen LogP contribution >= 0.6 is 0 Å². The molecule has 3 rings (SSSR count). The van der Waals surface area contributed by atoms with Gasteiger partial charge < -0.3 is 13.9 Å². The van der Waals surface area contributed by atoms with Crippen LogP contribution in [-0.4, -0.2) is 39.4 Å². The summed E-state index contributed by atoms with van der Waals surface area (Å²) in [4.78, 5) is 2.11. The maximum Gasteiger partial charge on any atom is 0.251 e. The first-order valence-electron chi connectivity index (χ1n) is 6.42. The first-order valence-corrected chi connectivity index (χ1v) is 6.42. The number of likely N-dealkylation sites (tertiary alicyclic amines) is 1. The van der Waals surface area contributed by atoms with Gasteiger partial charge in [0, 0.05) is 13.1 Å². The van der Waals surface area contributed by atoms with E-state index in [1.54, 1.807) is 0 Å². The summed E-state index contributed by atoms with van der Waals surface area (Å²) in [7, 11) is 0. The van der Waals surface area contributed by atoms with E-state index in [1.165, 1.54) is 0 Å². The van der Waals surface area contributed by atoms with Gasteiger partial charge in [0.05, 0.1) is 18.2 Å². The van der Waals surface area contributed by atoms with Crippen molar-refractivity contribution in [3.8, 4) is 11.5 Å². The first kappa shape index (κ1) is 12.4. The van der Waals surface area contributed by atoms with E-state index < -0.39 is 0 Å². The molecule has 2 aromatic heterocycles. The zero-order valence-electron chi connectivity index (χ0n) is 11.1. The van der Waals surface area contributed by atoms with Crippen molar-refractivity contribution in [2.75, 3.05) is 13.1 Å². The highest BCUT2D eigenvalue weighted by molar-refractivity contribution is 5.55. The van der Waals surface area contributed by atoms with Gasteiger partial charge in [0.2, 0.25) is 5.89 Å². The SMILES string of the molecule is Cc1cc(-c2nnc(CN3CCC(O)C3)o2)c(C)o1. The van der Waals surface area contributed by atoms with Crippen LogP contribution in [0.1, 0.15) is 23.8 Å². The molecule has 102 valence electrons. The summed E-state index contributed by atoms with van der Waals surface area (Å²) in [5.41, 5.74) is 0.845. The first-order chi connectivity index (χ1) is 9.11. The third-order valence-corrected chi connectivity index (χ3v) is 3.34. The van der Waals surface area contributed by atoms with Crippen LogP contribution in [0.3, 0.4) is 0 Å². The Morgan fingerprint density at radius 1 is 1.37 bits per heavy atom. The largest absolute Gasteiger partial charge is 0.466 e. The van der Waals surface area contributed by atoms with E-state index in [4.69, 9.17) is 8.83 Å². The molecule has 0 spiro atoms. The Hall–Kier alpha value is -1.66. The number of hydrogen-bond donors (Lipinski definition) is 1. The molecule has 1 fully saturated rings. The second kappa shape index (κ2) is 4.79. The summed E-state index contributed by atoms with van der Waals surface area (Å²) >= 11 is 0. The summed E-state index contributed by atoms with van der Waals surface area (Å²) in [6.07, 6.45) is 0.572. The van der Waals surface area contributed by atoms with Crippen molar-refractivity contribution in [2.24, 2.45) is 0 Å². The van der Waals surface area contributed by atoms with Gasteiger partial charge in [-0.1, -0.05) is 0 Å². The van der Waals surface area contributed by atoms with Gasteiger partial charge in [0.1, 0.15) is 11.5 Å². The number of furan rings is 1. The molecule has 1 unspecified atom stereocenters. The normalized spacial score (nSPS) is 20.3. The summed E-state index contributed by atoms with van der Waals surface area (Å²) in [6.45, 7) is 5.88. The van der Waals surface area contributed by atoms with Gasteiger partial charge >= 0.3 is 0 Å². The van der Waals surface area contributed by atoms with Gasteiger partial charge in [-0.15, -0.1) is 10.2 Å². The molecule has 6 nitrogen and oxygen atoms in total. The van der Waals surface area contributed by atoms with Crippen molar-refractivity contribution in [3.05, 3.63) is 23.5 Å². The molecular formula is C13H17N3O3. The lowest BCUT2D eigenvalue weighted by atomic mass is 10.2. The van der Waals surface area contributed by atoms with E-state index in [-0.39, 0.29) is 6.10 Å². The molecule has 1 N–H and O–H groups in total. The predicted octanol–water partition coefficient (Wildman–Crippen LogP) is 1.51. The zero-order chi connectivity index (χ0) is 13.4. The second-order valence-electron chi connectivity index (χ2n) is 5.01. The molecule has 1 saturated heterocycles. The Morgan fingerprint density at radius 2 is 2.21 bits per heavy atom. The van der Waals surface area contributed by atoms with E-state index in [9.17, 15) is 5.11 Å². The lowest BCUT2D eigenvalue weighted by Crippen LogP contribution is -2.21. The molecule has 0 saturated carbocycles. The van der Waals surface area contributed by atoms with Crippen LogP contribution < -0.4 is 0 Å². The Kier molecular flexibility index (Phi) is 3.12. The fourth-order valence-electron chi connectivity index (χ4n) is 2.42. The van der Waals surface area contributed by atoms with Crippen LogP contribution in [0.15, 0.2) is 14.9 Å². The summed E-state index contributed by atoms with van der Waals surface area (Å²) in [6, 6.07) is 1.90. The molecule has 19 heavy (non-hydrogen) atoms. The van der Waals surface area contributed by atoms with Gasteiger partial charge in [0.25, 0.3) is 5.89 Å². The minimum absolute atomic E-state index is 0.235. The molecule has 0 aliphatic carbocycles. The molecule has 1 aliphatic heterocycles. The topological polar surface area (TPSA) is 75.5 Å². The molecule has 6 heteroatoms. The van der Waals surface area contributed by atoms with Gasteiger partial charge in [-0.3, -0.25) is 4.90 Å². The Balaban J connectivity index is 1.74.